The average molecular weight is 484 g/mol. The zero-order valence-electron chi connectivity index (χ0n) is 17.0. The molecule has 1 saturated heterocycles. The Morgan fingerprint density at radius 2 is 1.85 bits per heavy atom. The van der Waals surface area contributed by atoms with Crippen molar-refractivity contribution in [3.8, 4) is 5.75 Å². The van der Waals surface area contributed by atoms with Crippen LogP contribution in [0, 0.1) is 5.82 Å². The highest BCUT2D eigenvalue weighted by atomic mass is 35.5. The van der Waals surface area contributed by atoms with Crippen molar-refractivity contribution in [2.24, 2.45) is 0 Å². The van der Waals surface area contributed by atoms with Crippen LogP contribution in [-0.2, 0) is 16.0 Å². The second kappa shape index (κ2) is 8.21. The van der Waals surface area contributed by atoms with Gasteiger partial charge in [-0.05, 0) is 59.7 Å². The molecule has 2 aliphatic rings. The Balaban J connectivity index is 1.73. The number of aliphatic hydroxyl groups excluding tert-OH is 1. The molecular weight excluding hydrogens is 468 g/mol. The molecule has 2 aliphatic heterocycles. The summed E-state index contributed by atoms with van der Waals surface area (Å²) < 4.78 is 19.5. The largest absolute Gasteiger partial charge is 0.507 e. The van der Waals surface area contributed by atoms with Gasteiger partial charge in [-0.1, -0.05) is 35.3 Å². The van der Waals surface area contributed by atoms with Crippen molar-refractivity contribution in [1.82, 2.24) is 0 Å². The van der Waals surface area contributed by atoms with Gasteiger partial charge in [-0.25, -0.2) is 4.39 Å². The Bertz CT molecular complexity index is 1350. The predicted octanol–water partition coefficient (Wildman–Crippen LogP) is 5.69. The summed E-state index contributed by atoms with van der Waals surface area (Å²) in [4.78, 5) is 27.4. The van der Waals surface area contributed by atoms with Gasteiger partial charge in [0.25, 0.3) is 11.7 Å². The maximum absolute atomic E-state index is 14.0. The molecule has 0 bridgehead atoms. The summed E-state index contributed by atoms with van der Waals surface area (Å²) in [6.07, 6.45) is 0.671. The number of amides is 1. The fourth-order valence-corrected chi connectivity index (χ4v) is 4.52. The smallest absolute Gasteiger partial charge is 0.300 e. The lowest BCUT2D eigenvalue weighted by Crippen LogP contribution is -2.29. The fourth-order valence-electron chi connectivity index (χ4n) is 4.21. The molecule has 0 aromatic heterocycles. The van der Waals surface area contributed by atoms with Crippen LogP contribution in [0.25, 0.3) is 5.76 Å². The first-order valence-corrected chi connectivity index (χ1v) is 10.9. The molecule has 0 radical (unpaired) electrons. The van der Waals surface area contributed by atoms with Crippen molar-refractivity contribution in [3.05, 3.63) is 98.8 Å². The van der Waals surface area contributed by atoms with Crippen LogP contribution in [0.5, 0.6) is 5.75 Å². The minimum atomic E-state index is -1.04. The molecule has 1 fully saturated rings. The highest BCUT2D eigenvalue weighted by molar-refractivity contribution is 6.51. The summed E-state index contributed by atoms with van der Waals surface area (Å²) in [5.74, 6) is -1.96. The first-order valence-electron chi connectivity index (χ1n) is 10.1. The normalized spacial score (nSPS) is 19.0. The molecule has 33 heavy (non-hydrogen) atoms. The zero-order valence-corrected chi connectivity index (χ0v) is 18.5. The van der Waals surface area contributed by atoms with Crippen molar-refractivity contribution < 1.29 is 23.8 Å². The number of carbonyl (C=O) groups excluding carboxylic acids is 2. The molecule has 3 aromatic rings. The van der Waals surface area contributed by atoms with Gasteiger partial charge in [-0.3, -0.25) is 14.5 Å². The Morgan fingerprint density at radius 3 is 2.61 bits per heavy atom. The van der Waals surface area contributed by atoms with Gasteiger partial charge in [0, 0.05) is 17.7 Å². The number of Topliss-reactive ketones (excluding diaryl/α,β-unsaturated/α-hetero) is 1. The van der Waals surface area contributed by atoms with Crippen molar-refractivity contribution in [1.29, 1.82) is 0 Å². The van der Waals surface area contributed by atoms with Gasteiger partial charge < -0.3 is 9.84 Å². The monoisotopic (exact) mass is 483 g/mol. The van der Waals surface area contributed by atoms with Gasteiger partial charge in [-0.2, -0.15) is 0 Å². The molecule has 5 nitrogen and oxygen atoms in total. The van der Waals surface area contributed by atoms with E-state index in [1.54, 1.807) is 24.3 Å². The van der Waals surface area contributed by atoms with Crippen LogP contribution >= 0.6 is 23.2 Å². The van der Waals surface area contributed by atoms with Gasteiger partial charge in [0.05, 0.1) is 28.3 Å². The summed E-state index contributed by atoms with van der Waals surface area (Å²) in [5, 5.41) is 11.7. The summed E-state index contributed by atoms with van der Waals surface area (Å²) in [6.45, 7) is 0.535. The number of ether oxygens (including phenoxy) is 1. The molecule has 0 saturated carbocycles. The molecule has 0 aliphatic carbocycles. The second-order valence-corrected chi connectivity index (χ2v) is 8.56. The molecule has 1 N–H and O–H groups in total. The number of hydrogen-bond acceptors (Lipinski definition) is 4. The average Bonchev–Trinajstić information content (AvgIpc) is 3.37. The summed E-state index contributed by atoms with van der Waals surface area (Å²) in [6, 6.07) is 14.1. The van der Waals surface area contributed by atoms with Crippen LogP contribution in [0.15, 0.2) is 66.2 Å². The molecular formula is C25H16Cl2FNO4. The Kier molecular flexibility index (Phi) is 5.35. The maximum Gasteiger partial charge on any atom is 0.300 e. The summed E-state index contributed by atoms with van der Waals surface area (Å²) in [7, 11) is 0. The lowest BCUT2D eigenvalue weighted by atomic mass is 9.94. The number of hydrogen-bond donors (Lipinski definition) is 1. The van der Waals surface area contributed by atoms with Crippen LogP contribution in [0.4, 0.5) is 10.1 Å². The zero-order chi connectivity index (χ0) is 23.3. The highest BCUT2D eigenvalue weighted by Gasteiger charge is 2.47. The van der Waals surface area contributed by atoms with E-state index in [-0.39, 0.29) is 22.0 Å². The first-order chi connectivity index (χ1) is 15.8. The van der Waals surface area contributed by atoms with E-state index in [9.17, 15) is 19.1 Å². The molecule has 1 amide bonds. The second-order valence-electron chi connectivity index (χ2n) is 7.74. The first kappa shape index (κ1) is 21.5. The molecule has 1 atom stereocenters. The number of benzene rings is 3. The number of ketones is 1. The Morgan fingerprint density at radius 1 is 1.03 bits per heavy atom. The van der Waals surface area contributed by atoms with Gasteiger partial charge in [0.1, 0.15) is 17.3 Å². The van der Waals surface area contributed by atoms with E-state index in [0.717, 1.165) is 16.5 Å². The van der Waals surface area contributed by atoms with Crippen molar-refractivity contribution in [3.63, 3.8) is 0 Å². The van der Waals surface area contributed by atoms with Gasteiger partial charge in [0.2, 0.25) is 0 Å². The van der Waals surface area contributed by atoms with Crippen LogP contribution in [-0.4, -0.2) is 23.4 Å². The van der Waals surface area contributed by atoms with Crippen molar-refractivity contribution in [2.45, 2.75) is 12.5 Å². The number of rotatable bonds is 3. The topological polar surface area (TPSA) is 66.8 Å². The van der Waals surface area contributed by atoms with Crippen molar-refractivity contribution in [2.75, 3.05) is 11.5 Å². The summed E-state index contributed by atoms with van der Waals surface area (Å²) in [5.41, 5.74) is 1.76. The van der Waals surface area contributed by atoms with E-state index < -0.39 is 23.5 Å². The maximum atomic E-state index is 14.0. The standard InChI is InChI=1S/C25H16Cl2FNO4/c26-18-6-4-14(11-19(18)27)22-21(23(30)15-5-7-20-13(10-15)8-9-33-20)24(31)25(32)29(22)17-3-1-2-16(28)12-17/h1-7,10-12,22,30H,8-9H2/b23-21-. The number of carbonyl (C=O) groups is 2. The van der Waals surface area contributed by atoms with Gasteiger partial charge in [0.15, 0.2) is 0 Å². The quantitative estimate of drug-likeness (QED) is 0.295. The molecule has 1 unspecified atom stereocenters. The minimum Gasteiger partial charge on any atom is -0.507 e. The third-order valence-corrected chi connectivity index (χ3v) is 6.49. The molecule has 0 spiro atoms. The van der Waals surface area contributed by atoms with E-state index >= 15 is 0 Å². The number of nitrogens with zero attached hydrogens (tertiary/aromatic N) is 1. The lowest BCUT2D eigenvalue weighted by Gasteiger charge is -2.25. The minimum absolute atomic E-state index is 0.124. The molecule has 2 heterocycles. The number of anilines is 1. The van der Waals surface area contributed by atoms with E-state index in [4.69, 9.17) is 27.9 Å². The number of fused-ring (bicyclic) bond motifs is 1. The molecule has 8 heteroatoms. The van der Waals surface area contributed by atoms with Gasteiger partial charge >= 0.3 is 0 Å². The third kappa shape index (κ3) is 3.65. The van der Waals surface area contributed by atoms with E-state index in [2.05, 4.69) is 0 Å². The van der Waals surface area contributed by atoms with Crippen LogP contribution in [0.1, 0.15) is 22.7 Å². The summed E-state index contributed by atoms with van der Waals surface area (Å²) >= 11 is 12.3. The Labute approximate surface area is 198 Å². The number of halogens is 3. The molecule has 3 aromatic carbocycles. The fraction of sp³-hybridized carbons (Fsp3) is 0.120. The third-order valence-electron chi connectivity index (χ3n) is 5.75. The van der Waals surface area contributed by atoms with Crippen LogP contribution in [0.3, 0.4) is 0 Å². The highest BCUT2D eigenvalue weighted by Crippen LogP contribution is 2.43. The van der Waals surface area contributed by atoms with Crippen molar-refractivity contribution >= 4 is 46.3 Å². The van der Waals surface area contributed by atoms with Gasteiger partial charge in [-0.15, -0.1) is 0 Å². The van der Waals surface area contributed by atoms with Crippen LogP contribution < -0.4 is 9.64 Å². The van der Waals surface area contributed by atoms with E-state index in [1.165, 1.54) is 30.3 Å². The van der Waals surface area contributed by atoms with Crippen LogP contribution in [0.2, 0.25) is 10.0 Å². The van der Waals surface area contributed by atoms with E-state index in [1.807, 2.05) is 0 Å². The number of aliphatic hydroxyl groups is 1. The SMILES string of the molecule is O=C1C(=O)N(c2cccc(F)c2)C(c2ccc(Cl)c(Cl)c2)/C1=C(/O)c1ccc2c(c1)CCO2. The Hall–Kier alpha value is -3.35. The lowest BCUT2D eigenvalue weighted by molar-refractivity contribution is -0.132. The molecule has 166 valence electrons. The molecule has 5 rings (SSSR count). The predicted molar refractivity (Wildman–Crippen MR) is 123 cm³/mol. The van der Waals surface area contributed by atoms with E-state index in [0.29, 0.717) is 34.9 Å².